The summed E-state index contributed by atoms with van der Waals surface area (Å²) in [5.74, 6) is 0.218. The molecule has 0 radical (unpaired) electrons. The van der Waals surface area contributed by atoms with Gasteiger partial charge in [-0.05, 0) is 25.7 Å². The molecule has 3 nitrogen and oxygen atoms in total. The molecule has 2 N–H and O–H groups in total. The lowest BCUT2D eigenvalue weighted by Gasteiger charge is -2.46. The van der Waals surface area contributed by atoms with Gasteiger partial charge in [0.1, 0.15) is 0 Å². The lowest BCUT2D eigenvalue weighted by molar-refractivity contribution is -0.133. The van der Waals surface area contributed by atoms with Gasteiger partial charge in [0.25, 0.3) is 0 Å². The van der Waals surface area contributed by atoms with Crippen LogP contribution in [0, 0.1) is 0 Å². The zero-order chi connectivity index (χ0) is 10.9. The van der Waals surface area contributed by atoms with E-state index in [2.05, 4.69) is 24.5 Å². The Balaban J connectivity index is 2.13. The van der Waals surface area contributed by atoms with Crippen molar-refractivity contribution in [2.24, 2.45) is 0 Å². The van der Waals surface area contributed by atoms with Gasteiger partial charge in [-0.15, -0.1) is 0 Å². The second-order valence-electron chi connectivity index (χ2n) is 4.90. The number of carbonyl (C=O) groups excluding carboxylic acids is 1. The molecule has 2 fully saturated rings. The quantitative estimate of drug-likeness (QED) is 0.726. The molecule has 1 aliphatic heterocycles. The second kappa shape index (κ2) is 4.12. The maximum absolute atomic E-state index is 12.1. The fourth-order valence-electron chi connectivity index (χ4n) is 2.98. The number of hydrogen-bond donors (Lipinski definition) is 2. The summed E-state index contributed by atoms with van der Waals surface area (Å²) < 4.78 is 0. The fourth-order valence-corrected chi connectivity index (χ4v) is 2.98. The van der Waals surface area contributed by atoms with Crippen LogP contribution >= 0.6 is 0 Å². The van der Waals surface area contributed by atoms with Gasteiger partial charge in [-0.1, -0.05) is 26.7 Å². The highest BCUT2D eigenvalue weighted by atomic mass is 16.2. The number of nitrogens with one attached hydrogen (secondary N) is 2. The summed E-state index contributed by atoms with van der Waals surface area (Å²) in [4.78, 5) is 12.1. The monoisotopic (exact) mass is 210 g/mol. The van der Waals surface area contributed by atoms with Gasteiger partial charge in [0, 0.05) is 12.1 Å². The van der Waals surface area contributed by atoms with E-state index in [4.69, 9.17) is 0 Å². The molecule has 0 aromatic rings. The van der Waals surface area contributed by atoms with E-state index in [-0.39, 0.29) is 11.4 Å². The number of rotatable bonds is 2. The average Bonchev–Trinajstić information content (AvgIpc) is 2.28. The first-order valence-corrected chi connectivity index (χ1v) is 6.30. The predicted molar refractivity (Wildman–Crippen MR) is 60.6 cm³/mol. The smallest absolute Gasteiger partial charge is 0.240 e. The third kappa shape index (κ3) is 1.78. The van der Waals surface area contributed by atoms with Crippen LogP contribution in [0.4, 0.5) is 0 Å². The maximum Gasteiger partial charge on any atom is 0.240 e. The summed E-state index contributed by atoms with van der Waals surface area (Å²) in [5.41, 5.74) is -0.293. The van der Waals surface area contributed by atoms with Gasteiger partial charge in [-0.25, -0.2) is 0 Å². The van der Waals surface area contributed by atoms with Crippen molar-refractivity contribution >= 4 is 5.91 Å². The summed E-state index contributed by atoms with van der Waals surface area (Å²) in [6.07, 6.45) is 6.69. The summed E-state index contributed by atoms with van der Waals surface area (Å²) >= 11 is 0. The van der Waals surface area contributed by atoms with Crippen molar-refractivity contribution in [3.05, 3.63) is 0 Å². The van der Waals surface area contributed by atoms with Gasteiger partial charge in [0.05, 0.1) is 5.54 Å². The molecule has 2 aliphatic rings. The molecule has 2 atom stereocenters. The number of carbonyl (C=O) groups is 1. The zero-order valence-electron chi connectivity index (χ0n) is 9.81. The summed E-state index contributed by atoms with van der Waals surface area (Å²) in [6.45, 7) is 4.19. The summed E-state index contributed by atoms with van der Waals surface area (Å²) in [7, 11) is 0. The van der Waals surface area contributed by atoms with E-state index < -0.39 is 0 Å². The van der Waals surface area contributed by atoms with E-state index in [0.717, 1.165) is 19.3 Å². The lowest BCUT2D eigenvalue weighted by Crippen LogP contribution is -2.71. The third-order valence-corrected chi connectivity index (χ3v) is 4.19. The Bertz CT molecular complexity index is 248. The second-order valence-corrected chi connectivity index (χ2v) is 4.90. The van der Waals surface area contributed by atoms with Crippen LogP contribution in [0.3, 0.4) is 0 Å². The summed E-state index contributed by atoms with van der Waals surface area (Å²) in [5, 5.41) is 6.82. The maximum atomic E-state index is 12.1. The Morgan fingerprint density at radius 2 is 1.80 bits per heavy atom. The van der Waals surface area contributed by atoms with Crippen LogP contribution < -0.4 is 10.6 Å². The van der Waals surface area contributed by atoms with Crippen molar-refractivity contribution in [3.8, 4) is 0 Å². The van der Waals surface area contributed by atoms with Gasteiger partial charge in [-0.2, -0.15) is 0 Å². The van der Waals surface area contributed by atoms with Crippen LogP contribution in [-0.2, 0) is 4.79 Å². The largest absolute Gasteiger partial charge is 0.350 e. The number of hydrogen-bond acceptors (Lipinski definition) is 2. The van der Waals surface area contributed by atoms with Crippen molar-refractivity contribution in [2.75, 3.05) is 0 Å². The van der Waals surface area contributed by atoms with E-state index in [1.807, 2.05) is 0 Å². The standard InChI is InChI=1S/C12H22N2O/c1-3-12(4-2)11(15)13-9-7-5-6-8-10(9)14-12/h9-10,14H,3-8H2,1-2H3,(H,13,15). The molecular weight excluding hydrogens is 188 g/mol. The Labute approximate surface area is 92.0 Å². The minimum atomic E-state index is -0.293. The van der Waals surface area contributed by atoms with Crippen molar-refractivity contribution in [2.45, 2.75) is 70.0 Å². The normalized spacial score (nSPS) is 34.4. The van der Waals surface area contributed by atoms with Crippen molar-refractivity contribution < 1.29 is 4.79 Å². The third-order valence-electron chi connectivity index (χ3n) is 4.19. The van der Waals surface area contributed by atoms with Gasteiger partial charge in [0.15, 0.2) is 0 Å². The summed E-state index contributed by atoms with van der Waals surface area (Å²) in [6, 6.07) is 0.897. The number of piperazine rings is 1. The van der Waals surface area contributed by atoms with Crippen LogP contribution in [-0.4, -0.2) is 23.5 Å². The topological polar surface area (TPSA) is 41.1 Å². The molecule has 1 amide bonds. The molecule has 3 heteroatoms. The molecule has 0 bridgehead atoms. The van der Waals surface area contributed by atoms with Gasteiger partial charge in [-0.3, -0.25) is 10.1 Å². The fraction of sp³-hybridized carbons (Fsp3) is 0.917. The van der Waals surface area contributed by atoms with Crippen LogP contribution in [0.25, 0.3) is 0 Å². The first-order valence-electron chi connectivity index (χ1n) is 6.30. The lowest BCUT2D eigenvalue weighted by atomic mass is 9.81. The molecule has 1 saturated heterocycles. The molecule has 0 spiro atoms. The van der Waals surface area contributed by atoms with Gasteiger partial charge < -0.3 is 5.32 Å². The predicted octanol–water partition coefficient (Wildman–Crippen LogP) is 1.58. The number of fused-ring (bicyclic) bond motifs is 1. The van der Waals surface area contributed by atoms with E-state index in [1.54, 1.807) is 0 Å². The van der Waals surface area contributed by atoms with E-state index >= 15 is 0 Å². The zero-order valence-corrected chi connectivity index (χ0v) is 9.81. The van der Waals surface area contributed by atoms with E-state index in [9.17, 15) is 4.79 Å². The molecule has 0 aromatic carbocycles. The molecule has 86 valence electrons. The molecular formula is C12H22N2O. The highest BCUT2D eigenvalue weighted by molar-refractivity contribution is 5.87. The van der Waals surface area contributed by atoms with E-state index in [0.29, 0.717) is 12.1 Å². The molecule has 1 aliphatic carbocycles. The van der Waals surface area contributed by atoms with Crippen LogP contribution in [0.2, 0.25) is 0 Å². The minimum Gasteiger partial charge on any atom is -0.350 e. The highest BCUT2D eigenvalue weighted by Gasteiger charge is 2.44. The molecule has 0 aromatic heterocycles. The van der Waals surface area contributed by atoms with Gasteiger partial charge in [0.2, 0.25) is 5.91 Å². The van der Waals surface area contributed by atoms with Crippen LogP contribution in [0.1, 0.15) is 52.4 Å². The van der Waals surface area contributed by atoms with Crippen molar-refractivity contribution in [1.82, 2.24) is 10.6 Å². The van der Waals surface area contributed by atoms with Crippen molar-refractivity contribution in [1.29, 1.82) is 0 Å². The Hall–Kier alpha value is -0.570. The number of amides is 1. The molecule has 1 heterocycles. The molecule has 2 rings (SSSR count). The average molecular weight is 210 g/mol. The Morgan fingerprint density at radius 3 is 2.40 bits per heavy atom. The van der Waals surface area contributed by atoms with Gasteiger partial charge >= 0.3 is 0 Å². The molecule has 1 saturated carbocycles. The Kier molecular flexibility index (Phi) is 3.01. The SMILES string of the molecule is CCC1(CC)NC2CCCCC2NC1=O. The Morgan fingerprint density at radius 1 is 1.20 bits per heavy atom. The van der Waals surface area contributed by atoms with E-state index in [1.165, 1.54) is 19.3 Å². The molecule has 15 heavy (non-hydrogen) atoms. The van der Waals surface area contributed by atoms with Crippen LogP contribution in [0.5, 0.6) is 0 Å². The van der Waals surface area contributed by atoms with Crippen molar-refractivity contribution in [3.63, 3.8) is 0 Å². The first kappa shape index (κ1) is 10.9. The first-order chi connectivity index (χ1) is 7.22. The van der Waals surface area contributed by atoms with Crippen LogP contribution in [0.15, 0.2) is 0 Å². The highest BCUT2D eigenvalue weighted by Crippen LogP contribution is 2.28. The molecule has 2 unspecified atom stereocenters. The minimum absolute atomic E-state index is 0.218.